The molecule has 30 heavy (non-hydrogen) atoms. The SMILES string of the molecule is O=C(N[C@H]1CC[C@H](CCN2CC=C(c3ccc(F)cc3F)CC2)CC1)C1=CCCC1. The van der Waals surface area contributed by atoms with E-state index in [1.807, 2.05) is 0 Å². The van der Waals surface area contributed by atoms with Gasteiger partial charge in [-0.1, -0.05) is 12.2 Å². The van der Waals surface area contributed by atoms with E-state index in [1.54, 1.807) is 6.07 Å². The van der Waals surface area contributed by atoms with E-state index < -0.39 is 11.6 Å². The molecule has 1 heterocycles. The van der Waals surface area contributed by atoms with Gasteiger partial charge in [-0.25, -0.2) is 8.78 Å². The highest BCUT2D eigenvalue weighted by atomic mass is 19.1. The van der Waals surface area contributed by atoms with Crippen LogP contribution in [0.15, 0.2) is 35.9 Å². The summed E-state index contributed by atoms with van der Waals surface area (Å²) in [6, 6.07) is 4.18. The van der Waals surface area contributed by atoms with Crippen LogP contribution in [0.2, 0.25) is 0 Å². The highest BCUT2D eigenvalue weighted by molar-refractivity contribution is 5.93. The van der Waals surface area contributed by atoms with Crippen LogP contribution in [0.4, 0.5) is 8.78 Å². The summed E-state index contributed by atoms with van der Waals surface area (Å²) in [5.41, 5.74) is 2.50. The van der Waals surface area contributed by atoms with E-state index in [2.05, 4.69) is 22.4 Å². The first-order valence-electron chi connectivity index (χ1n) is 11.4. The monoisotopic (exact) mass is 414 g/mol. The van der Waals surface area contributed by atoms with Crippen molar-refractivity contribution in [1.29, 1.82) is 0 Å². The summed E-state index contributed by atoms with van der Waals surface area (Å²) in [7, 11) is 0. The molecule has 1 amide bonds. The molecule has 0 spiro atoms. The van der Waals surface area contributed by atoms with E-state index in [4.69, 9.17) is 0 Å². The first-order chi connectivity index (χ1) is 14.6. The van der Waals surface area contributed by atoms with Crippen LogP contribution in [0.5, 0.6) is 0 Å². The third kappa shape index (κ3) is 5.37. The van der Waals surface area contributed by atoms with Crippen molar-refractivity contribution in [2.45, 2.75) is 63.8 Å². The largest absolute Gasteiger partial charge is 0.350 e. The lowest BCUT2D eigenvalue weighted by Crippen LogP contribution is -2.38. The van der Waals surface area contributed by atoms with Crippen molar-refractivity contribution in [3.8, 4) is 0 Å². The van der Waals surface area contributed by atoms with Gasteiger partial charge in [-0.15, -0.1) is 0 Å². The molecule has 0 saturated heterocycles. The van der Waals surface area contributed by atoms with Gasteiger partial charge in [0.05, 0.1) is 0 Å². The minimum absolute atomic E-state index is 0.157. The molecule has 1 aliphatic heterocycles. The van der Waals surface area contributed by atoms with Crippen molar-refractivity contribution in [3.63, 3.8) is 0 Å². The molecule has 162 valence electrons. The maximum atomic E-state index is 14.0. The molecule has 1 fully saturated rings. The van der Waals surface area contributed by atoms with Gasteiger partial charge < -0.3 is 5.32 Å². The van der Waals surface area contributed by atoms with Crippen molar-refractivity contribution in [1.82, 2.24) is 10.2 Å². The zero-order valence-corrected chi connectivity index (χ0v) is 17.6. The number of carbonyl (C=O) groups is 1. The topological polar surface area (TPSA) is 32.3 Å². The quantitative estimate of drug-likeness (QED) is 0.691. The molecular weight excluding hydrogens is 382 g/mol. The van der Waals surface area contributed by atoms with Crippen molar-refractivity contribution >= 4 is 11.5 Å². The Hall–Kier alpha value is -2.01. The Morgan fingerprint density at radius 1 is 1.10 bits per heavy atom. The van der Waals surface area contributed by atoms with Gasteiger partial charge in [0.2, 0.25) is 5.91 Å². The molecule has 1 aromatic carbocycles. The molecule has 0 atom stereocenters. The molecule has 0 radical (unpaired) electrons. The van der Waals surface area contributed by atoms with Crippen molar-refractivity contribution in [3.05, 3.63) is 53.1 Å². The Kier molecular flexibility index (Phi) is 6.98. The zero-order chi connectivity index (χ0) is 20.9. The highest BCUT2D eigenvalue weighted by Crippen LogP contribution is 2.29. The number of benzene rings is 1. The number of hydrogen-bond donors (Lipinski definition) is 1. The number of amides is 1. The van der Waals surface area contributed by atoms with E-state index in [0.717, 1.165) is 81.3 Å². The molecule has 3 nitrogen and oxygen atoms in total. The standard InChI is InChI=1S/C25H32F2N2O/c26-21-7-10-23(24(27)17-21)19-12-15-29(16-13-19)14-11-18-5-8-22(9-6-18)28-25(30)20-3-1-2-4-20/h3,7,10,12,17-18,22H,1-2,4-6,8-9,11,13-16H2,(H,28,30)/t18-,22-. The molecular formula is C25H32F2N2O. The van der Waals surface area contributed by atoms with Gasteiger partial charge >= 0.3 is 0 Å². The number of rotatable bonds is 6. The molecule has 1 N–H and O–H groups in total. The number of allylic oxidation sites excluding steroid dienone is 1. The number of nitrogens with one attached hydrogen (secondary N) is 1. The van der Waals surface area contributed by atoms with Crippen LogP contribution in [-0.4, -0.2) is 36.5 Å². The minimum atomic E-state index is -0.529. The second kappa shape index (κ2) is 9.86. The number of halogens is 2. The van der Waals surface area contributed by atoms with Crippen molar-refractivity contribution in [2.24, 2.45) is 5.92 Å². The number of hydrogen-bond acceptors (Lipinski definition) is 2. The molecule has 3 aliphatic rings. The molecule has 4 rings (SSSR count). The van der Waals surface area contributed by atoms with Crippen LogP contribution in [0.25, 0.3) is 5.57 Å². The molecule has 2 aliphatic carbocycles. The summed E-state index contributed by atoms with van der Waals surface area (Å²) in [5.74, 6) is -0.116. The Bertz CT molecular complexity index is 824. The van der Waals surface area contributed by atoms with Crippen molar-refractivity contribution in [2.75, 3.05) is 19.6 Å². The van der Waals surface area contributed by atoms with Gasteiger partial charge in [0, 0.05) is 36.3 Å². The normalized spacial score (nSPS) is 25.0. The van der Waals surface area contributed by atoms with E-state index in [1.165, 1.54) is 25.3 Å². The second-order valence-electron chi connectivity index (χ2n) is 9.01. The fraction of sp³-hybridized carbons (Fsp3) is 0.560. The summed E-state index contributed by atoms with van der Waals surface area (Å²) in [6.45, 7) is 2.81. The fourth-order valence-electron chi connectivity index (χ4n) is 5.02. The van der Waals surface area contributed by atoms with Crippen LogP contribution in [0.3, 0.4) is 0 Å². The second-order valence-corrected chi connectivity index (χ2v) is 9.01. The first kappa shape index (κ1) is 21.2. The van der Waals surface area contributed by atoms with Gasteiger partial charge in [-0.05, 0) is 88.0 Å². The molecule has 0 bridgehead atoms. The van der Waals surface area contributed by atoms with Gasteiger partial charge in [-0.3, -0.25) is 9.69 Å². The fourth-order valence-corrected chi connectivity index (χ4v) is 5.02. The summed E-state index contributed by atoms with van der Waals surface area (Å²) in [5, 5.41) is 3.24. The van der Waals surface area contributed by atoms with Crippen LogP contribution >= 0.6 is 0 Å². The van der Waals surface area contributed by atoms with Crippen LogP contribution < -0.4 is 5.32 Å². The lowest BCUT2D eigenvalue weighted by atomic mass is 9.84. The predicted molar refractivity (Wildman–Crippen MR) is 116 cm³/mol. The summed E-state index contributed by atoms with van der Waals surface area (Å²) < 4.78 is 27.1. The third-order valence-electron chi connectivity index (χ3n) is 6.94. The van der Waals surface area contributed by atoms with Crippen molar-refractivity contribution < 1.29 is 13.6 Å². The number of carbonyl (C=O) groups excluding carboxylic acids is 1. The lowest BCUT2D eigenvalue weighted by molar-refractivity contribution is -0.118. The Labute approximate surface area is 178 Å². The smallest absolute Gasteiger partial charge is 0.247 e. The molecule has 1 aromatic rings. The first-order valence-corrected chi connectivity index (χ1v) is 11.4. The van der Waals surface area contributed by atoms with Gasteiger partial charge in [0.15, 0.2) is 0 Å². The average molecular weight is 415 g/mol. The maximum absolute atomic E-state index is 14.0. The zero-order valence-electron chi connectivity index (χ0n) is 17.6. The van der Waals surface area contributed by atoms with Crippen LogP contribution in [0.1, 0.15) is 63.4 Å². The predicted octanol–water partition coefficient (Wildman–Crippen LogP) is 5.23. The third-order valence-corrected chi connectivity index (χ3v) is 6.94. The van der Waals surface area contributed by atoms with Crippen LogP contribution in [0, 0.1) is 17.6 Å². The molecule has 5 heteroatoms. The molecule has 0 aromatic heterocycles. The van der Waals surface area contributed by atoms with Gasteiger partial charge in [0.1, 0.15) is 11.6 Å². The van der Waals surface area contributed by atoms with E-state index in [0.29, 0.717) is 11.6 Å². The van der Waals surface area contributed by atoms with Gasteiger partial charge in [-0.2, -0.15) is 0 Å². The lowest BCUT2D eigenvalue weighted by Gasteiger charge is -2.32. The Balaban J connectivity index is 1.17. The van der Waals surface area contributed by atoms with E-state index >= 15 is 0 Å². The summed E-state index contributed by atoms with van der Waals surface area (Å²) in [6.07, 6.45) is 13.8. The van der Waals surface area contributed by atoms with E-state index in [9.17, 15) is 13.6 Å². The highest BCUT2D eigenvalue weighted by Gasteiger charge is 2.25. The molecule has 1 saturated carbocycles. The average Bonchev–Trinajstić information content (AvgIpc) is 3.29. The summed E-state index contributed by atoms with van der Waals surface area (Å²) >= 11 is 0. The van der Waals surface area contributed by atoms with Crippen LogP contribution in [-0.2, 0) is 4.79 Å². The Morgan fingerprint density at radius 3 is 2.60 bits per heavy atom. The minimum Gasteiger partial charge on any atom is -0.350 e. The Morgan fingerprint density at radius 2 is 1.93 bits per heavy atom. The van der Waals surface area contributed by atoms with Gasteiger partial charge in [0.25, 0.3) is 0 Å². The summed E-state index contributed by atoms with van der Waals surface area (Å²) in [4.78, 5) is 14.7. The van der Waals surface area contributed by atoms with E-state index in [-0.39, 0.29) is 5.91 Å². The number of nitrogens with zero attached hydrogens (tertiary/aromatic N) is 1. The maximum Gasteiger partial charge on any atom is 0.247 e. The molecule has 0 unspecified atom stereocenters.